The zero-order valence-corrected chi connectivity index (χ0v) is 13.0. The molecule has 0 aliphatic carbocycles. The number of likely N-dealkylation sites (tertiary alicyclic amines) is 1. The summed E-state index contributed by atoms with van der Waals surface area (Å²) < 4.78 is 4.96. The predicted molar refractivity (Wildman–Crippen MR) is 79.7 cm³/mol. The van der Waals surface area contributed by atoms with Crippen LogP contribution < -0.4 is 5.73 Å². The number of hydrogen-bond acceptors (Lipinski definition) is 6. The number of ether oxygens (including phenoxy) is 1. The third-order valence-electron chi connectivity index (χ3n) is 3.79. The number of piperidine rings is 1. The molecule has 2 heterocycles. The molecule has 0 bridgehead atoms. The number of nitrogens with two attached hydrogens (primary N) is 1. The highest BCUT2D eigenvalue weighted by molar-refractivity contribution is 7.11. The Morgan fingerprint density at radius 1 is 1.60 bits per heavy atom. The highest BCUT2D eigenvalue weighted by Gasteiger charge is 2.25. The van der Waals surface area contributed by atoms with Crippen molar-refractivity contribution in [2.24, 2.45) is 11.7 Å². The molecule has 0 spiro atoms. The van der Waals surface area contributed by atoms with E-state index in [1.165, 1.54) is 11.3 Å². The summed E-state index contributed by atoms with van der Waals surface area (Å²) in [6.07, 6.45) is 2.15. The van der Waals surface area contributed by atoms with Gasteiger partial charge in [-0.05, 0) is 19.3 Å². The Morgan fingerprint density at radius 2 is 2.40 bits per heavy atom. The van der Waals surface area contributed by atoms with Crippen LogP contribution in [0.15, 0.2) is 5.38 Å². The summed E-state index contributed by atoms with van der Waals surface area (Å²) in [5.74, 6) is 0.239. The zero-order chi connectivity index (χ0) is 14.5. The Morgan fingerprint density at radius 3 is 3.10 bits per heavy atom. The van der Waals surface area contributed by atoms with Crippen molar-refractivity contribution in [3.05, 3.63) is 16.1 Å². The van der Waals surface area contributed by atoms with Gasteiger partial charge in [0.2, 0.25) is 5.01 Å². The third kappa shape index (κ3) is 3.77. The topological polar surface area (TPSA) is 68.5 Å². The maximum atomic E-state index is 11.6. The molecule has 6 heteroatoms. The summed E-state index contributed by atoms with van der Waals surface area (Å²) >= 11 is 1.36. The summed E-state index contributed by atoms with van der Waals surface area (Å²) in [7, 11) is 0. The fourth-order valence-electron chi connectivity index (χ4n) is 2.60. The normalized spacial score (nSPS) is 23.8. The minimum Gasteiger partial charge on any atom is -0.461 e. The molecule has 1 aliphatic rings. The maximum absolute atomic E-state index is 11.6. The molecule has 20 heavy (non-hydrogen) atoms. The van der Waals surface area contributed by atoms with Gasteiger partial charge >= 0.3 is 5.97 Å². The van der Waals surface area contributed by atoms with E-state index in [-0.39, 0.29) is 5.97 Å². The van der Waals surface area contributed by atoms with Crippen LogP contribution in [0.25, 0.3) is 0 Å². The highest BCUT2D eigenvalue weighted by atomic mass is 32.1. The van der Waals surface area contributed by atoms with Crippen LogP contribution in [0.3, 0.4) is 0 Å². The number of nitrogens with zero attached hydrogens (tertiary/aromatic N) is 2. The van der Waals surface area contributed by atoms with Crippen molar-refractivity contribution in [1.29, 1.82) is 0 Å². The molecule has 1 aliphatic heterocycles. The van der Waals surface area contributed by atoms with Gasteiger partial charge in [0.25, 0.3) is 0 Å². The number of rotatable bonds is 5. The van der Waals surface area contributed by atoms with E-state index in [1.807, 2.05) is 5.38 Å². The van der Waals surface area contributed by atoms with E-state index in [4.69, 9.17) is 10.5 Å². The quantitative estimate of drug-likeness (QED) is 0.840. The molecule has 5 nitrogen and oxygen atoms in total. The molecule has 2 atom stereocenters. The average Bonchev–Trinajstić information content (AvgIpc) is 2.90. The van der Waals surface area contributed by atoms with E-state index in [0.29, 0.717) is 23.6 Å². The summed E-state index contributed by atoms with van der Waals surface area (Å²) in [5, 5.41) is 2.39. The number of carbonyl (C=O) groups is 1. The lowest BCUT2D eigenvalue weighted by atomic mass is 9.91. The van der Waals surface area contributed by atoms with Gasteiger partial charge in [0, 0.05) is 31.1 Å². The lowest BCUT2D eigenvalue weighted by molar-refractivity contribution is 0.0525. The molecule has 2 N–H and O–H groups in total. The van der Waals surface area contributed by atoms with E-state index < -0.39 is 0 Å². The Kier molecular flexibility index (Phi) is 5.51. The number of hydrogen-bond donors (Lipinski definition) is 1. The molecular weight excluding hydrogens is 274 g/mol. The first-order chi connectivity index (χ1) is 9.63. The van der Waals surface area contributed by atoms with Gasteiger partial charge in [-0.25, -0.2) is 9.78 Å². The molecule has 0 amide bonds. The molecule has 1 fully saturated rings. The molecule has 1 aromatic rings. The van der Waals surface area contributed by atoms with Crippen molar-refractivity contribution in [2.75, 3.05) is 19.7 Å². The minimum absolute atomic E-state index is 0.321. The number of esters is 1. The Bertz CT molecular complexity index is 449. The Labute approximate surface area is 124 Å². The van der Waals surface area contributed by atoms with E-state index in [2.05, 4.69) is 16.8 Å². The van der Waals surface area contributed by atoms with Gasteiger partial charge in [-0.15, -0.1) is 11.3 Å². The largest absolute Gasteiger partial charge is 0.461 e. The van der Waals surface area contributed by atoms with Gasteiger partial charge in [-0.3, -0.25) is 4.90 Å². The Balaban J connectivity index is 1.92. The first-order valence-electron chi connectivity index (χ1n) is 7.23. The fraction of sp³-hybridized carbons (Fsp3) is 0.714. The van der Waals surface area contributed by atoms with E-state index in [9.17, 15) is 4.79 Å². The van der Waals surface area contributed by atoms with Crippen LogP contribution in [0.5, 0.6) is 0 Å². The van der Waals surface area contributed by atoms with Crippen molar-refractivity contribution >= 4 is 17.3 Å². The first-order valence-corrected chi connectivity index (χ1v) is 8.11. The average molecular weight is 297 g/mol. The first kappa shape index (κ1) is 15.4. The molecule has 2 unspecified atom stereocenters. The van der Waals surface area contributed by atoms with Crippen molar-refractivity contribution in [1.82, 2.24) is 9.88 Å². The lowest BCUT2D eigenvalue weighted by Crippen LogP contribution is -2.46. The molecule has 112 valence electrons. The molecule has 1 aromatic heterocycles. The standard InChI is InChI=1S/C14H23N3O2S/c1-3-10-7-17(6-5-12(10)15)8-11-9-20-13(16-11)14(18)19-4-2/h9-10,12H,3-8,15H2,1-2H3. The van der Waals surface area contributed by atoms with Crippen molar-refractivity contribution in [2.45, 2.75) is 39.3 Å². The van der Waals surface area contributed by atoms with Crippen molar-refractivity contribution in [3.63, 3.8) is 0 Å². The molecular formula is C14H23N3O2S. The SMILES string of the molecule is CCOC(=O)c1nc(CN2CCC(N)C(CC)C2)cs1. The zero-order valence-electron chi connectivity index (χ0n) is 12.2. The van der Waals surface area contributed by atoms with Crippen LogP contribution in [0.4, 0.5) is 0 Å². The smallest absolute Gasteiger partial charge is 0.367 e. The molecule has 1 saturated heterocycles. The third-order valence-corrected chi connectivity index (χ3v) is 4.66. The molecule has 0 saturated carbocycles. The maximum Gasteiger partial charge on any atom is 0.367 e. The molecule has 0 radical (unpaired) electrons. The second kappa shape index (κ2) is 7.15. The van der Waals surface area contributed by atoms with Crippen LogP contribution in [0.2, 0.25) is 0 Å². The number of carbonyl (C=O) groups excluding carboxylic acids is 1. The van der Waals surface area contributed by atoms with Gasteiger partial charge < -0.3 is 10.5 Å². The summed E-state index contributed by atoms with van der Waals surface area (Å²) in [4.78, 5) is 18.3. The Hall–Kier alpha value is -0.980. The molecule has 2 rings (SSSR count). The van der Waals surface area contributed by atoms with Crippen LogP contribution in [0.1, 0.15) is 42.2 Å². The van der Waals surface area contributed by atoms with Crippen LogP contribution in [-0.2, 0) is 11.3 Å². The van der Waals surface area contributed by atoms with E-state index in [0.717, 1.165) is 38.2 Å². The van der Waals surface area contributed by atoms with Crippen LogP contribution >= 0.6 is 11.3 Å². The van der Waals surface area contributed by atoms with Crippen LogP contribution in [0, 0.1) is 5.92 Å². The summed E-state index contributed by atoms with van der Waals surface area (Å²) in [6, 6.07) is 0.321. The predicted octanol–water partition coefficient (Wildman–Crippen LogP) is 1.88. The fourth-order valence-corrected chi connectivity index (χ4v) is 3.30. The van der Waals surface area contributed by atoms with Gasteiger partial charge in [-0.1, -0.05) is 13.3 Å². The van der Waals surface area contributed by atoms with Gasteiger partial charge in [0.15, 0.2) is 0 Å². The monoisotopic (exact) mass is 297 g/mol. The molecule has 0 aromatic carbocycles. The second-order valence-electron chi connectivity index (χ2n) is 5.22. The second-order valence-corrected chi connectivity index (χ2v) is 6.08. The van der Waals surface area contributed by atoms with Crippen LogP contribution in [-0.4, -0.2) is 41.6 Å². The van der Waals surface area contributed by atoms with Gasteiger partial charge in [-0.2, -0.15) is 0 Å². The number of thiazole rings is 1. The van der Waals surface area contributed by atoms with E-state index in [1.54, 1.807) is 6.92 Å². The van der Waals surface area contributed by atoms with E-state index >= 15 is 0 Å². The summed E-state index contributed by atoms with van der Waals surface area (Å²) in [5.41, 5.74) is 7.07. The highest BCUT2D eigenvalue weighted by Crippen LogP contribution is 2.21. The van der Waals surface area contributed by atoms with Crippen molar-refractivity contribution in [3.8, 4) is 0 Å². The number of aromatic nitrogens is 1. The lowest BCUT2D eigenvalue weighted by Gasteiger charge is -2.36. The summed E-state index contributed by atoms with van der Waals surface area (Å²) in [6.45, 7) is 7.19. The van der Waals surface area contributed by atoms with Gasteiger partial charge in [0.05, 0.1) is 12.3 Å². The van der Waals surface area contributed by atoms with Crippen molar-refractivity contribution < 1.29 is 9.53 Å². The van der Waals surface area contributed by atoms with Gasteiger partial charge in [0.1, 0.15) is 0 Å². The minimum atomic E-state index is -0.323.